The number of hydrazone groups is 1. The van der Waals surface area contributed by atoms with Gasteiger partial charge in [0.2, 0.25) is 0 Å². The lowest BCUT2D eigenvalue weighted by Gasteiger charge is -2.07. The molecular formula is C12H10Cl2N4O2. The van der Waals surface area contributed by atoms with E-state index in [-0.39, 0.29) is 0 Å². The van der Waals surface area contributed by atoms with E-state index in [2.05, 4.69) is 20.7 Å². The Morgan fingerprint density at radius 1 is 1.50 bits per heavy atom. The Balaban J connectivity index is 2.14. The van der Waals surface area contributed by atoms with Crippen LogP contribution in [-0.4, -0.2) is 29.4 Å². The zero-order chi connectivity index (χ0) is 14.5. The molecular weight excluding hydrogens is 303 g/mol. The molecule has 0 unspecified atom stereocenters. The highest BCUT2D eigenvalue weighted by Crippen LogP contribution is 2.30. The Kier molecular flexibility index (Phi) is 4.60. The molecule has 6 nitrogen and oxygen atoms in total. The van der Waals surface area contributed by atoms with E-state index < -0.39 is 5.91 Å². The van der Waals surface area contributed by atoms with Gasteiger partial charge < -0.3 is 4.74 Å². The van der Waals surface area contributed by atoms with E-state index in [4.69, 9.17) is 27.9 Å². The van der Waals surface area contributed by atoms with Gasteiger partial charge in [0, 0.05) is 16.8 Å². The van der Waals surface area contributed by atoms with E-state index in [0.717, 1.165) is 0 Å². The lowest BCUT2D eigenvalue weighted by Crippen LogP contribution is -2.18. The van der Waals surface area contributed by atoms with Crippen LogP contribution in [0.1, 0.15) is 16.1 Å². The first-order valence-electron chi connectivity index (χ1n) is 5.47. The number of hydrogen-bond acceptors (Lipinski definition) is 4. The van der Waals surface area contributed by atoms with Crippen LogP contribution in [0.3, 0.4) is 0 Å². The Morgan fingerprint density at radius 3 is 2.95 bits per heavy atom. The van der Waals surface area contributed by atoms with E-state index in [9.17, 15) is 4.79 Å². The quantitative estimate of drug-likeness (QED) is 0.672. The van der Waals surface area contributed by atoms with Crippen LogP contribution < -0.4 is 10.2 Å². The molecule has 0 aliphatic heterocycles. The SMILES string of the molecule is COc1c(Cl)cc(Cl)cc1/C=N/NC(=O)c1ccn[nH]1. The Bertz CT molecular complexity index is 641. The van der Waals surface area contributed by atoms with Gasteiger partial charge in [0.15, 0.2) is 0 Å². The van der Waals surface area contributed by atoms with Crippen LogP contribution in [-0.2, 0) is 0 Å². The molecule has 2 rings (SSSR count). The lowest BCUT2D eigenvalue weighted by molar-refractivity contribution is 0.0950. The summed E-state index contributed by atoms with van der Waals surface area (Å²) < 4.78 is 5.15. The number of carbonyl (C=O) groups is 1. The van der Waals surface area contributed by atoms with Crippen LogP contribution in [0.5, 0.6) is 5.75 Å². The number of methoxy groups -OCH3 is 1. The molecule has 0 aliphatic rings. The molecule has 1 aromatic carbocycles. The van der Waals surface area contributed by atoms with Crippen LogP contribution >= 0.6 is 23.2 Å². The minimum atomic E-state index is -0.411. The van der Waals surface area contributed by atoms with Crippen molar-refractivity contribution in [3.05, 3.63) is 45.7 Å². The van der Waals surface area contributed by atoms with Gasteiger partial charge in [0.1, 0.15) is 11.4 Å². The number of rotatable bonds is 4. The molecule has 0 saturated heterocycles. The highest BCUT2D eigenvalue weighted by molar-refractivity contribution is 6.36. The number of halogens is 2. The van der Waals surface area contributed by atoms with Crippen molar-refractivity contribution < 1.29 is 9.53 Å². The third kappa shape index (κ3) is 3.28. The van der Waals surface area contributed by atoms with Crippen LogP contribution in [0, 0.1) is 0 Å². The number of nitrogens with one attached hydrogen (secondary N) is 2. The van der Waals surface area contributed by atoms with Crippen molar-refractivity contribution in [3.63, 3.8) is 0 Å². The van der Waals surface area contributed by atoms with Gasteiger partial charge in [0.05, 0.1) is 18.3 Å². The number of amides is 1. The number of nitrogens with zero attached hydrogens (tertiary/aromatic N) is 2. The first-order valence-corrected chi connectivity index (χ1v) is 6.23. The Labute approximate surface area is 124 Å². The molecule has 2 N–H and O–H groups in total. The van der Waals surface area contributed by atoms with E-state index in [0.29, 0.717) is 27.1 Å². The van der Waals surface area contributed by atoms with Gasteiger partial charge in [-0.1, -0.05) is 23.2 Å². The first kappa shape index (κ1) is 14.4. The second-order valence-electron chi connectivity index (χ2n) is 3.68. The minimum Gasteiger partial charge on any atom is -0.495 e. The number of benzene rings is 1. The fourth-order valence-electron chi connectivity index (χ4n) is 1.49. The zero-order valence-corrected chi connectivity index (χ0v) is 11.9. The average Bonchev–Trinajstić information content (AvgIpc) is 2.92. The van der Waals surface area contributed by atoms with Crippen molar-refractivity contribution in [2.75, 3.05) is 7.11 Å². The Hall–Kier alpha value is -2.05. The van der Waals surface area contributed by atoms with Crippen LogP contribution in [0.2, 0.25) is 10.0 Å². The average molecular weight is 313 g/mol. The summed E-state index contributed by atoms with van der Waals surface area (Å²) in [5, 5.41) is 10.8. The maximum atomic E-state index is 11.6. The van der Waals surface area contributed by atoms with Crippen LogP contribution in [0.25, 0.3) is 0 Å². The molecule has 20 heavy (non-hydrogen) atoms. The van der Waals surface area contributed by atoms with Crippen LogP contribution in [0.4, 0.5) is 0 Å². The predicted octanol–water partition coefficient (Wildman–Crippen LogP) is 2.49. The topological polar surface area (TPSA) is 79.4 Å². The standard InChI is InChI=1S/C12H10Cl2N4O2/c1-20-11-7(4-8(13)5-9(11)14)6-16-18-12(19)10-2-3-15-17-10/h2-6H,1H3,(H,15,17)(H,18,19)/b16-6+. The summed E-state index contributed by atoms with van der Waals surface area (Å²) in [4.78, 5) is 11.6. The summed E-state index contributed by atoms with van der Waals surface area (Å²) >= 11 is 11.9. The van der Waals surface area contributed by atoms with E-state index in [1.165, 1.54) is 25.6 Å². The van der Waals surface area contributed by atoms with Crippen molar-refractivity contribution in [2.45, 2.75) is 0 Å². The third-order valence-electron chi connectivity index (χ3n) is 2.36. The van der Waals surface area contributed by atoms with Gasteiger partial charge in [0.25, 0.3) is 5.91 Å². The van der Waals surface area contributed by atoms with Crippen molar-refractivity contribution in [1.82, 2.24) is 15.6 Å². The molecule has 8 heteroatoms. The summed E-state index contributed by atoms with van der Waals surface area (Å²) in [5.74, 6) is 0.0152. The second-order valence-corrected chi connectivity index (χ2v) is 4.52. The van der Waals surface area contributed by atoms with Crippen molar-refractivity contribution >= 4 is 35.3 Å². The van der Waals surface area contributed by atoms with Crippen molar-refractivity contribution in [3.8, 4) is 5.75 Å². The van der Waals surface area contributed by atoms with Gasteiger partial charge in [-0.2, -0.15) is 10.2 Å². The molecule has 0 bridgehead atoms. The number of aromatic amines is 1. The third-order valence-corrected chi connectivity index (χ3v) is 2.86. The molecule has 0 aliphatic carbocycles. The van der Waals surface area contributed by atoms with E-state index in [1.807, 2.05) is 0 Å². The summed E-state index contributed by atoms with van der Waals surface area (Å²) in [7, 11) is 1.48. The van der Waals surface area contributed by atoms with Gasteiger partial charge in [-0.15, -0.1) is 0 Å². The molecule has 0 spiro atoms. The number of carbonyl (C=O) groups excluding carboxylic acids is 1. The second kappa shape index (κ2) is 6.40. The number of ether oxygens (including phenoxy) is 1. The molecule has 0 atom stereocenters. The minimum absolute atomic E-state index is 0.304. The molecule has 2 aromatic rings. The van der Waals surface area contributed by atoms with Gasteiger partial charge in [-0.05, 0) is 18.2 Å². The number of hydrogen-bond donors (Lipinski definition) is 2. The normalized spacial score (nSPS) is 10.8. The number of aromatic nitrogens is 2. The predicted molar refractivity (Wildman–Crippen MR) is 76.7 cm³/mol. The van der Waals surface area contributed by atoms with E-state index >= 15 is 0 Å². The first-order chi connectivity index (χ1) is 9.61. The van der Waals surface area contributed by atoms with Gasteiger partial charge in [-0.3, -0.25) is 9.89 Å². The highest BCUT2D eigenvalue weighted by atomic mass is 35.5. The Morgan fingerprint density at radius 2 is 2.30 bits per heavy atom. The summed E-state index contributed by atoms with van der Waals surface area (Å²) in [6.45, 7) is 0. The summed E-state index contributed by atoms with van der Waals surface area (Å²) in [6, 6.07) is 4.71. The van der Waals surface area contributed by atoms with Crippen LogP contribution in [0.15, 0.2) is 29.5 Å². The molecule has 104 valence electrons. The summed E-state index contributed by atoms with van der Waals surface area (Å²) in [5.41, 5.74) is 3.20. The molecule has 0 fully saturated rings. The monoisotopic (exact) mass is 312 g/mol. The molecule has 0 radical (unpaired) electrons. The van der Waals surface area contributed by atoms with Gasteiger partial charge >= 0.3 is 0 Å². The molecule has 1 heterocycles. The lowest BCUT2D eigenvalue weighted by atomic mass is 10.2. The maximum absolute atomic E-state index is 11.6. The smallest absolute Gasteiger partial charge is 0.289 e. The van der Waals surface area contributed by atoms with Crippen molar-refractivity contribution in [2.24, 2.45) is 5.10 Å². The fourth-order valence-corrected chi connectivity index (χ4v) is 2.08. The maximum Gasteiger partial charge on any atom is 0.289 e. The highest BCUT2D eigenvalue weighted by Gasteiger charge is 2.09. The fraction of sp³-hybridized carbons (Fsp3) is 0.0833. The molecule has 1 aromatic heterocycles. The van der Waals surface area contributed by atoms with Gasteiger partial charge in [-0.25, -0.2) is 5.43 Å². The van der Waals surface area contributed by atoms with Crippen molar-refractivity contribution in [1.29, 1.82) is 0 Å². The molecule has 1 amide bonds. The largest absolute Gasteiger partial charge is 0.495 e. The summed E-state index contributed by atoms with van der Waals surface area (Å²) in [6.07, 6.45) is 2.86. The zero-order valence-electron chi connectivity index (χ0n) is 10.4. The number of H-pyrrole nitrogens is 1. The van der Waals surface area contributed by atoms with E-state index in [1.54, 1.807) is 12.1 Å². The molecule has 0 saturated carbocycles.